The van der Waals surface area contributed by atoms with Crippen molar-refractivity contribution in [3.63, 3.8) is 0 Å². The van der Waals surface area contributed by atoms with Crippen LogP contribution in [-0.2, 0) is 31.9 Å². The number of para-hydroxylation sites is 3. The maximum atomic E-state index is 8.55. The molecule has 0 aliphatic heterocycles. The van der Waals surface area contributed by atoms with Gasteiger partial charge in [0.05, 0.1) is 24.9 Å². The predicted octanol–water partition coefficient (Wildman–Crippen LogP) is 15.5. The number of pyridine rings is 1. The summed E-state index contributed by atoms with van der Waals surface area (Å²) in [6.07, 6.45) is 0.528. The molecule has 2 heterocycles. The molecule has 9 rings (SSSR count). The number of benzene rings is 6. The largest absolute Gasteiger partial charge is 0.333 e. The topological polar surface area (TPSA) is 30.7 Å². The summed E-state index contributed by atoms with van der Waals surface area (Å²) in [5.74, 6) is 2.05. The molecule has 0 saturated heterocycles. The number of nitrogens with zero attached hydrogens (tertiary/aromatic N) is 3. The van der Waals surface area contributed by atoms with Crippen LogP contribution in [0.4, 0.5) is 0 Å². The number of hydrogen-bond donors (Lipinski definition) is 0. The first-order valence-electron chi connectivity index (χ1n) is 24.2. The van der Waals surface area contributed by atoms with Gasteiger partial charge in [-0.1, -0.05) is 178 Å². The summed E-state index contributed by atoms with van der Waals surface area (Å²) in [6, 6.07) is 54.5. The van der Waals surface area contributed by atoms with E-state index in [0.29, 0.717) is 17.8 Å². The molecule has 1 aliphatic rings. The van der Waals surface area contributed by atoms with Crippen molar-refractivity contribution in [2.45, 2.75) is 111 Å². The fraction of sp³-hybridized carbons (Fsp3) is 0.300. The molecule has 6 aromatic carbocycles. The van der Waals surface area contributed by atoms with Gasteiger partial charge in [0.25, 0.3) is 0 Å². The number of aromatic nitrogens is 3. The quantitative estimate of drug-likeness (QED) is 0.101. The molecule has 5 heteroatoms. The molecule has 1 unspecified atom stereocenters. The van der Waals surface area contributed by atoms with Gasteiger partial charge in [-0.05, 0) is 86.4 Å². The summed E-state index contributed by atoms with van der Waals surface area (Å²) in [7, 11) is -1.67. The monoisotopic (exact) mass is 1050 g/mol. The van der Waals surface area contributed by atoms with Crippen LogP contribution in [0.5, 0.6) is 0 Å². The zero-order chi connectivity index (χ0) is 47.3. The van der Waals surface area contributed by atoms with Crippen molar-refractivity contribution >= 4 is 24.3 Å². The van der Waals surface area contributed by atoms with Crippen molar-refractivity contribution in [3.8, 4) is 39.5 Å². The molecular weight excluding hydrogens is 983 g/mol. The average Bonchev–Trinajstić information content (AvgIpc) is 3.81. The van der Waals surface area contributed by atoms with Gasteiger partial charge < -0.3 is 9.55 Å². The van der Waals surface area contributed by atoms with Crippen LogP contribution in [0.25, 0.3) is 50.5 Å². The summed E-state index contributed by atoms with van der Waals surface area (Å²) in [6.45, 7) is 26.7. The van der Waals surface area contributed by atoms with E-state index in [4.69, 9.17) is 7.73 Å². The maximum Gasteiger partial charge on any atom is 0.0798 e. The average molecular weight is 1050 g/mol. The van der Waals surface area contributed by atoms with E-state index >= 15 is 0 Å². The van der Waals surface area contributed by atoms with E-state index in [9.17, 15) is 0 Å². The van der Waals surface area contributed by atoms with Crippen molar-refractivity contribution in [2.75, 3.05) is 0 Å². The molecule has 8 aromatic rings. The molecule has 1 radical (unpaired) electrons. The Morgan fingerprint density at radius 3 is 1.97 bits per heavy atom. The van der Waals surface area contributed by atoms with Crippen LogP contribution < -0.4 is 5.19 Å². The predicted molar refractivity (Wildman–Crippen MR) is 275 cm³/mol. The molecule has 0 amide bonds. The van der Waals surface area contributed by atoms with E-state index in [-0.39, 0.29) is 31.4 Å². The second-order valence-corrected chi connectivity index (χ2v) is 25.0. The minimum Gasteiger partial charge on any atom is -0.333 e. The second-order valence-electron chi connectivity index (χ2n) is 19.9. The van der Waals surface area contributed by atoms with Gasteiger partial charge in [0, 0.05) is 40.1 Å². The summed E-state index contributed by atoms with van der Waals surface area (Å²) in [5, 5.41) is 1.10. The van der Waals surface area contributed by atoms with Gasteiger partial charge in [-0.2, -0.15) is 0 Å². The zero-order valence-electron chi connectivity index (χ0n) is 42.3. The molecule has 0 saturated carbocycles. The van der Waals surface area contributed by atoms with Crippen LogP contribution in [0.15, 0.2) is 140 Å². The first kappa shape index (κ1) is 45.0. The maximum absolute atomic E-state index is 8.55. The molecule has 0 fully saturated rings. The van der Waals surface area contributed by atoms with E-state index in [1.165, 1.54) is 50.2 Å². The fourth-order valence-electron chi connectivity index (χ4n) is 9.45. The second kappa shape index (κ2) is 19.3. The molecule has 0 bridgehead atoms. The minimum atomic E-state index is -1.67. The van der Waals surface area contributed by atoms with E-state index in [0.717, 1.165) is 44.4 Å². The number of fused-ring (bicyclic) bond motifs is 4. The molecule has 0 N–H and O–H groups in total. The normalized spacial score (nSPS) is 15.1. The third kappa shape index (κ3) is 9.31. The van der Waals surface area contributed by atoms with Crippen molar-refractivity contribution in [2.24, 2.45) is 5.92 Å². The third-order valence-corrected chi connectivity index (χ3v) is 14.9. The molecule has 3 nitrogen and oxygen atoms in total. The Kier molecular flexibility index (Phi) is 13.4. The van der Waals surface area contributed by atoms with E-state index in [1.807, 2.05) is 50.4 Å². The van der Waals surface area contributed by atoms with Crippen LogP contribution in [0.2, 0.25) is 19.6 Å². The van der Waals surface area contributed by atoms with E-state index in [2.05, 4.69) is 193 Å². The zero-order valence-corrected chi connectivity index (χ0v) is 43.7. The Morgan fingerprint density at radius 2 is 1.34 bits per heavy atom. The van der Waals surface area contributed by atoms with E-state index < -0.39 is 14.4 Å². The Hall–Kier alpha value is -5.19. The van der Waals surface area contributed by atoms with Crippen LogP contribution in [-0.4, -0.2) is 22.6 Å². The van der Waals surface area contributed by atoms with Gasteiger partial charge in [-0.25, -0.2) is 0 Å². The number of hydrogen-bond acceptors (Lipinski definition) is 2. The summed E-state index contributed by atoms with van der Waals surface area (Å²) >= 11 is 0. The Balaban J connectivity index is 0.000000245. The molecule has 0 spiro atoms. The Bertz CT molecular complexity index is 2990. The summed E-state index contributed by atoms with van der Waals surface area (Å²) in [4.78, 5) is 9.90. The van der Waals surface area contributed by atoms with Crippen LogP contribution in [0, 0.1) is 18.1 Å². The fourth-order valence-corrected chi connectivity index (χ4v) is 10.9. The van der Waals surface area contributed by atoms with Gasteiger partial charge in [-0.15, -0.1) is 65.2 Å². The third-order valence-electron chi connectivity index (χ3n) is 12.9. The van der Waals surface area contributed by atoms with Crippen molar-refractivity contribution in [1.82, 2.24) is 14.5 Å². The molecular formula is C60H65IrN3Si-2. The molecule has 335 valence electrons. The van der Waals surface area contributed by atoms with Crippen LogP contribution >= 0.6 is 0 Å². The van der Waals surface area contributed by atoms with Gasteiger partial charge in [0.1, 0.15) is 0 Å². The standard InChI is InChI=1S/C42H41N2.C18H24NSi.Ir/c1-26(2)29-20-22-36-34(24-29)35-25-30(21-23-37(35)42(36,7)31-14-9-8-10-15-31)41-43-38-18-11-12-19-39(38)44(41)40-32(27(3)4)16-13-17-33(40)28(5)6;1-14(2)11-16-12-17(15-9-7-6-8-10-15)19-13-18(16)20(3,4)5;/h8-20,22-28H,1-7H3;6-9,12-14H,11H2,1-5H3;/q2*-1;/i;11D2;. The van der Waals surface area contributed by atoms with E-state index in [1.54, 1.807) is 0 Å². The van der Waals surface area contributed by atoms with Crippen molar-refractivity contribution in [1.29, 1.82) is 0 Å². The minimum absolute atomic E-state index is 0. The van der Waals surface area contributed by atoms with Crippen molar-refractivity contribution in [3.05, 3.63) is 191 Å². The number of rotatable bonds is 10. The SMILES string of the molecule is CC(C)c1ccc2c(c1)-c1cc(-c3nc4ccccc4n3-c3c(C(C)C)cccc3C(C)C)[c-]cc1C2(C)c1ccccc1.[2H]C([2H])(c1cc(-c2[c-]cccc2)ncc1[Si](C)(C)C)C(C)C.[Ir]. The van der Waals surface area contributed by atoms with Crippen molar-refractivity contribution < 1.29 is 22.8 Å². The summed E-state index contributed by atoms with van der Waals surface area (Å²) < 4.78 is 19.5. The first-order chi connectivity index (χ1) is 31.3. The molecule has 2 aromatic heterocycles. The Labute approximate surface area is 407 Å². The van der Waals surface area contributed by atoms with Crippen LogP contribution in [0.1, 0.15) is 122 Å². The smallest absolute Gasteiger partial charge is 0.0798 e. The molecule has 65 heavy (non-hydrogen) atoms. The van der Waals surface area contributed by atoms with Gasteiger partial charge >= 0.3 is 0 Å². The summed E-state index contributed by atoms with van der Waals surface area (Å²) in [5.41, 5.74) is 17.2. The van der Waals surface area contributed by atoms with Gasteiger partial charge in [0.15, 0.2) is 0 Å². The first-order valence-corrected chi connectivity index (χ1v) is 26.7. The number of imidazole rings is 1. The Morgan fingerprint density at radius 1 is 0.677 bits per heavy atom. The van der Waals surface area contributed by atoms with Crippen LogP contribution in [0.3, 0.4) is 0 Å². The van der Waals surface area contributed by atoms with Gasteiger partial charge in [-0.3, -0.25) is 4.98 Å². The molecule has 1 aliphatic carbocycles. The molecule has 1 atom stereocenters. The van der Waals surface area contributed by atoms with Gasteiger partial charge in [0.2, 0.25) is 0 Å².